The summed E-state index contributed by atoms with van der Waals surface area (Å²) >= 11 is 0. The Balaban J connectivity index is 1.60. The van der Waals surface area contributed by atoms with E-state index in [4.69, 9.17) is 0 Å². The summed E-state index contributed by atoms with van der Waals surface area (Å²) in [6.07, 6.45) is 0. The van der Waals surface area contributed by atoms with Crippen molar-refractivity contribution in [1.82, 2.24) is 14.5 Å². The number of sulfonamides is 1. The van der Waals surface area contributed by atoms with Crippen LogP contribution < -0.4 is 5.32 Å². The minimum atomic E-state index is -3.35. The summed E-state index contributed by atoms with van der Waals surface area (Å²) in [6, 6.07) is 14.8. The predicted molar refractivity (Wildman–Crippen MR) is 115 cm³/mol. The van der Waals surface area contributed by atoms with Gasteiger partial charge in [-0.3, -0.25) is 4.79 Å². The fraction of sp³-hybridized carbons (Fsp3) is 0.409. The van der Waals surface area contributed by atoms with E-state index in [1.54, 1.807) is 28.6 Å². The zero-order chi connectivity index (χ0) is 21.0. The lowest BCUT2D eigenvalue weighted by Crippen LogP contribution is -2.47. The van der Waals surface area contributed by atoms with Crippen molar-refractivity contribution in [3.05, 3.63) is 70.8 Å². The van der Waals surface area contributed by atoms with Crippen molar-refractivity contribution in [2.24, 2.45) is 0 Å². The summed E-state index contributed by atoms with van der Waals surface area (Å²) in [5, 5.41) is 2.99. The van der Waals surface area contributed by atoms with Crippen LogP contribution in [0, 0.1) is 6.92 Å². The highest BCUT2D eigenvalue weighted by molar-refractivity contribution is 7.88. The van der Waals surface area contributed by atoms with Gasteiger partial charge in [0.1, 0.15) is 0 Å². The molecule has 2 aromatic rings. The first-order chi connectivity index (χ1) is 13.7. The number of benzene rings is 2. The molecule has 0 aromatic heterocycles. The molecular formula is C22H29N3O3S. The minimum Gasteiger partial charge on any atom is -0.346 e. The molecule has 0 saturated carbocycles. The molecule has 0 bridgehead atoms. The Labute approximate surface area is 173 Å². The average Bonchev–Trinajstić information content (AvgIpc) is 2.69. The quantitative estimate of drug-likeness (QED) is 0.787. The second kappa shape index (κ2) is 9.07. The van der Waals surface area contributed by atoms with Gasteiger partial charge in [0.25, 0.3) is 5.91 Å². The number of hydrogen-bond donors (Lipinski definition) is 1. The molecule has 1 aliphatic heterocycles. The maximum absolute atomic E-state index is 12.6. The molecule has 1 atom stereocenters. The summed E-state index contributed by atoms with van der Waals surface area (Å²) < 4.78 is 26.8. The van der Waals surface area contributed by atoms with Crippen LogP contribution in [-0.2, 0) is 15.8 Å². The van der Waals surface area contributed by atoms with Crippen LogP contribution in [0.4, 0.5) is 0 Å². The van der Waals surface area contributed by atoms with E-state index >= 15 is 0 Å². The highest BCUT2D eigenvalue weighted by Gasteiger charge is 2.25. The summed E-state index contributed by atoms with van der Waals surface area (Å²) in [6.45, 7) is 6.51. The largest absolute Gasteiger partial charge is 0.346 e. The van der Waals surface area contributed by atoms with Crippen molar-refractivity contribution in [3.63, 3.8) is 0 Å². The molecule has 29 heavy (non-hydrogen) atoms. The number of nitrogens with zero attached hydrogens (tertiary/aromatic N) is 2. The Bertz CT molecular complexity index is 932. The van der Waals surface area contributed by atoms with E-state index in [0.717, 1.165) is 18.7 Å². The molecule has 0 radical (unpaired) electrons. The van der Waals surface area contributed by atoms with E-state index < -0.39 is 10.0 Å². The summed E-state index contributed by atoms with van der Waals surface area (Å²) in [4.78, 5) is 14.6. The normalized spacial score (nSPS) is 17.1. The highest BCUT2D eigenvalue weighted by atomic mass is 32.2. The highest BCUT2D eigenvalue weighted by Crippen LogP contribution is 2.16. The Hall–Kier alpha value is -2.22. The van der Waals surface area contributed by atoms with Gasteiger partial charge in [-0.05, 0) is 44.2 Å². The van der Waals surface area contributed by atoms with Gasteiger partial charge < -0.3 is 10.2 Å². The third-order valence-corrected chi connectivity index (χ3v) is 7.20. The third-order valence-electron chi connectivity index (χ3n) is 5.35. The standard InChI is InChI=1S/C22H29N3O3S/c1-17-4-8-20(9-5-17)18(2)23-22(26)21-10-6-19(7-11-21)16-29(27,28)25-14-12-24(3)13-15-25/h4-11,18H,12-16H2,1-3H3,(H,23,26)/t18-/m0/s1. The number of aryl methyl sites for hydroxylation is 1. The number of carbonyl (C=O) groups is 1. The number of hydrogen-bond acceptors (Lipinski definition) is 4. The molecule has 0 aliphatic carbocycles. The predicted octanol–water partition coefficient (Wildman–Crippen LogP) is 2.56. The number of carbonyl (C=O) groups excluding carboxylic acids is 1. The Morgan fingerprint density at radius 1 is 1.00 bits per heavy atom. The first-order valence-electron chi connectivity index (χ1n) is 9.87. The summed E-state index contributed by atoms with van der Waals surface area (Å²) in [7, 11) is -1.35. The first kappa shape index (κ1) is 21.5. The molecule has 7 heteroatoms. The third kappa shape index (κ3) is 5.65. The van der Waals surface area contributed by atoms with Crippen molar-refractivity contribution in [1.29, 1.82) is 0 Å². The van der Waals surface area contributed by atoms with Crippen LogP contribution in [0.2, 0.25) is 0 Å². The van der Waals surface area contributed by atoms with Gasteiger partial charge >= 0.3 is 0 Å². The fourth-order valence-electron chi connectivity index (χ4n) is 3.34. The van der Waals surface area contributed by atoms with E-state index in [1.165, 1.54) is 5.56 Å². The summed E-state index contributed by atoms with van der Waals surface area (Å²) in [5.74, 6) is -0.218. The Morgan fingerprint density at radius 2 is 1.59 bits per heavy atom. The van der Waals surface area contributed by atoms with E-state index in [0.29, 0.717) is 24.2 Å². The van der Waals surface area contributed by atoms with Crippen LogP contribution >= 0.6 is 0 Å². The smallest absolute Gasteiger partial charge is 0.251 e. The molecule has 1 aliphatic rings. The van der Waals surface area contributed by atoms with Crippen molar-refractivity contribution in [3.8, 4) is 0 Å². The molecule has 0 unspecified atom stereocenters. The van der Waals surface area contributed by atoms with Crippen LogP contribution in [0.3, 0.4) is 0 Å². The van der Waals surface area contributed by atoms with Crippen molar-refractivity contribution in [2.75, 3.05) is 33.2 Å². The molecule has 3 rings (SSSR count). The van der Waals surface area contributed by atoms with Gasteiger partial charge in [0.15, 0.2) is 0 Å². The second-order valence-electron chi connectivity index (χ2n) is 7.76. The van der Waals surface area contributed by atoms with Crippen LogP contribution in [-0.4, -0.2) is 56.8 Å². The maximum Gasteiger partial charge on any atom is 0.251 e. The Kier molecular flexibility index (Phi) is 6.72. The van der Waals surface area contributed by atoms with E-state index in [-0.39, 0.29) is 17.7 Å². The Morgan fingerprint density at radius 3 is 2.17 bits per heavy atom. The van der Waals surface area contributed by atoms with Gasteiger partial charge in [0.05, 0.1) is 11.8 Å². The number of piperazine rings is 1. The molecule has 1 heterocycles. The minimum absolute atomic E-state index is 0.0433. The van der Waals surface area contributed by atoms with Crippen molar-refractivity contribution < 1.29 is 13.2 Å². The molecule has 156 valence electrons. The topological polar surface area (TPSA) is 69.7 Å². The number of rotatable bonds is 6. The lowest BCUT2D eigenvalue weighted by Gasteiger charge is -2.31. The van der Waals surface area contributed by atoms with Gasteiger partial charge in [-0.1, -0.05) is 42.0 Å². The molecule has 1 N–H and O–H groups in total. The molecule has 1 amide bonds. The zero-order valence-electron chi connectivity index (χ0n) is 17.3. The summed E-state index contributed by atoms with van der Waals surface area (Å²) in [5.41, 5.74) is 3.42. The molecule has 1 fully saturated rings. The van der Waals surface area contributed by atoms with Gasteiger partial charge in [-0.25, -0.2) is 8.42 Å². The molecule has 0 spiro atoms. The number of amides is 1. The van der Waals surface area contributed by atoms with Crippen LogP contribution in [0.15, 0.2) is 48.5 Å². The zero-order valence-corrected chi connectivity index (χ0v) is 18.1. The molecule has 2 aromatic carbocycles. The van der Waals surface area contributed by atoms with Gasteiger partial charge in [-0.15, -0.1) is 0 Å². The maximum atomic E-state index is 12.6. The lowest BCUT2D eigenvalue weighted by molar-refractivity contribution is 0.0940. The monoisotopic (exact) mass is 415 g/mol. The van der Waals surface area contributed by atoms with Crippen molar-refractivity contribution >= 4 is 15.9 Å². The lowest BCUT2D eigenvalue weighted by atomic mass is 10.1. The number of nitrogens with one attached hydrogen (secondary N) is 1. The van der Waals surface area contributed by atoms with Gasteiger partial charge in [0, 0.05) is 31.7 Å². The fourth-order valence-corrected chi connectivity index (χ4v) is 4.85. The van der Waals surface area contributed by atoms with Gasteiger partial charge in [0.2, 0.25) is 10.0 Å². The van der Waals surface area contributed by atoms with E-state index in [2.05, 4.69) is 10.2 Å². The first-order valence-corrected chi connectivity index (χ1v) is 11.5. The van der Waals surface area contributed by atoms with Gasteiger partial charge in [-0.2, -0.15) is 4.31 Å². The van der Waals surface area contributed by atoms with Crippen LogP contribution in [0.25, 0.3) is 0 Å². The SMILES string of the molecule is Cc1ccc([C@H](C)NC(=O)c2ccc(CS(=O)(=O)N3CCN(C)CC3)cc2)cc1. The van der Waals surface area contributed by atoms with Crippen molar-refractivity contribution in [2.45, 2.75) is 25.6 Å². The number of likely N-dealkylation sites (N-methyl/N-ethyl adjacent to an activating group) is 1. The second-order valence-corrected chi connectivity index (χ2v) is 9.73. The van der Waals surface area contributed by atoms with Crippen LogP contribution in [0.5, 0.6) is 0 Å². The molecule has 6 nitrogen and oxygen atoms in total. The molecular weight excluding hydrogens is 386 g/mol. The van der Waals surface area contributed by atoms with E-state index in [9.17, 15) is 13.2 Å². The average molecular weight is 416 g/mol. The van der Waals surface area contributed by atoms with E-state index in [1.807, 2.05) is 45.2 Å². The van der Waals surface area contributed by atoms with Crippen LogP contribution in [0.1, 0.15) is 40.0 Å². The molecule has 1 saturated heterocycles.